The summed E-state index contributed by atoms with van der Waals surface area (Å²) in [6, 6.07) is 10.4. The van der Waals surface area contributed by atoms with E-state index in [-0.39, 0.29) is 46.7 Å². The van der Waals surface area contributed by atoms with Crippen LogP contribution in [0.1, 0.15) is 20.7 Å². The summed E-state index contributed by atoms with van der Waals surface area (Å²) in [7, 11) is 0. The quantitative estimate of drug-likeness (QED) is 0.383. The van der Waals surface area contributed by atoms with Crippen LogP contribution in [0.3, 0.4) is 0 Å². The summed E-state index contributed by atoms with van der Waals surface area (Å²) in [6.45, 7) is 0. The molecule has 0 aliphatic rings. The Morgan fingerprint density at radius 3 is 2.18 bits per heavy atom. The van der Waals surface area contributed by atoms with Gasteiger partial charge in [0.1, 0.15) is 0 Å². The van der Waals surface area contributed by atoms with E-state index in [0.717, 1.165) is 7.14 Å². The zero-order valence-corrected chi connectivity index (χ0v) is 19.8. The molecule has 0 radical (unpaired) electrons. The molecule has 0 bridgehead atoms. The van der Waals surface area contributed by atoms with E-state index < -0.39 is 5.97 Å². The largest absolute Gasteiger partial charge is 1.00 e. The third-order valence-corrected chi connectivity index (χ3v) is 5.05. The molecule has 0 aliphatic carbocycles. The van der Waals surface area contributed by atoms with Crippen LogP contribution in [0.4, 0.5) is 5.69 Å². The zero-order valence-electron chi connectivity index (χ0n) is 11.3. The van der Waals surface area contributed by atoms with E-state index in [1.807, 2.05) is 57.3 Å². The van der Waals surface area contributed by atoms with Crippen molar-refractivity contribution >= 4 is 85.3 Å². The van der Waals surface area contributed by atoms with Crippen molar-refractivity contribution in [2.45, 2.75) is 0 Å². The van der Waals surface area contributed by atoms with Gasteiger partial charge in [0.25, 0.3) is 5.91 Å². The van der Waals surface area contributed by atoms with Gasteiger partial charge in [0, 0.05) is 16.3 Å². The van der Waals surface area contributed by atoms with Crippen LogP contribution in [0, 0.1) is 10.7 Å². The number of rotatable bonds is 3. The first-order valence-corrected chi connectivity index (χ1v) is 8.90. The Hall–Kier alpha value is 0.570. The maximum absolute atomic E-state index is 12.3. The van der Waals surface area contributed by atoms with Gasteiger partial charge in [-0.2, -0.15) is 0 Å². The molecule has 2 aromatic rings. The van der Waals surface area contributed by atoms with Gasteiger partial charge >= 0.3 is 29.6 Å². The first-order chi connectivity index (χ1) is 9.90. The minimum absolute atomic E-state index is 0. The van der Waals surface area contributed by atoms with Gasteiger partial charge in [-0.3, -0.25) is 4.79 Å². The molecule has 0 saturated heterocycles. The smallest absolute Gasteiger partial charge is 0.545 e. The van der Waals surface area contributed by atoms with Crippen molar-refractivity contribution < 1.29 is 44.3 Å². The zero-order chi connectivity index (χ0) is 15.6. The molecule has 0 heterocycles. The molecule has 0 saturated carbocycles. The fourth-order valence-electron chi connectivity index (χ4n) is 1.69. The summed E-state index contributed by atoms with van der Waals surface area (Å²) in [5.74, 6) is -1.66. The van der Waals surface area contributed by atoms with Gasteiger partial charge in [-0.05, 0) is 92.0 Å². The first kappa shape index (κ1) is 20.6. The first-order valence-electron chi connectivity index (χ1n) is 5.66. The predicted octanol–water partition coefficient (Wildman–Crippen LogP) is 0.120. The SMILES string of the molecule is O=C(Nc1c(I)cc(I)cc1C(=O)[O-])c1ccccc1I.[Na+]. The molecule has 2 rings (SSSR count). The van der Waals surface area contributed by atoms with E-state index in [4.69, 9.17) is 0 Å². The molecule has 22 heavy (non-hydrogen) atoms. The van der Waals surface area contributed by atoms with Crippen LogP contribution in [-0.2, 0) is 0 Å². The normalized spacial score (nSPS) is 9.77. The number of halogens is 3. The fourth-order valence-corrected chi connectivity index (χ4v) is 4.30. The second-order valence-corrected chi connectivity index (χ2v) is 7.60. The third-order valence-electron chi connectivity index (χ3n) is 2.63. The molecular formula is C14H7I3NNaO3. The minimum Gasteiger partial charge on any atom is -0.545 e. The van der Waals surface area contributed by atoms with Crippen LogP contribution in [-0.4, -0.2) is 11.9 Å². The van der Waals surface area contributed by atoms with Crippen molar-refractivity contribution in [2.24, 2.45) is 0 Å². The molecule has 0 spiro atoms. The van der Waals surface area contributed by atoms with Crippen LogP contribution >= 0.6 is 67.8 Å². The van der Waals surface area contributed by atoms with E-state index in [1.165, 1.54) is 6.07 Å². The molecule has 1 amide bonds. The number of carbonyl (C=O) groups is 2. The number of anilines is 1. The second-order valence-electron chi connectivity index (χ2n) is 4.03. The Morgan fingerprint density at radius 1 is 0.955 bits per heavy atom. The van der Waals surface area contributed by atoms with E-state index >= 15 is 0 Å². The third kappa shape index (κ3) is 5.03. The van der Waals surface area contributed by atoms with E-state index in [0.29, 0.717) is 9.13 Å². The van der Waals surface area contributed by atoms with Crippen molar-refractivity contribution in [1.82, 2.24) is 0 Å². The van der Waals surface area contributed by atoms with Crippen LogP contribution in [0.25, 0.3) is 0 Å². The molecule has 0 aromatic heterocycles. The number of hydrogen-bond donors (Lipinski definition) is 1. The summed E-state index contributed by atoms with van der Waals surface area (Å²) in [5.41, 5.74) is 0.739. The van der Waals surface area contributed by atoms with Crippen molar-refractivity contribution in [3.8, 4) is 0 Å². The minimum atomic E-state index is -1.32. The van der Waals surface area contributed by atoms with Gasteiger partial charge in [0.15, 0.2) is 0 Å². The van der Waals surface area contributed by atoms with Gasteiger partial charge in [-0.25, -0.2) is 0 Å². The van der Waals surface area contributed by atoms with Crippen molar-refractivity contribution in [3.63, 3.8) is 0 Å². The molecule has 2 aromatic carbocycles. The molecule has 1 N–H and O–H groups in total. The van der Waals surface area contributed by atoms with Gasteiger partial charge in [-0.15, -0.1) is 0 Å². The average molecular weight is 641 g/mol. The van der Waals surface area contributed by atoms with Crippen LogP contribution in [0.15, 0.2) is 36.4 Å². The molecular weight excluding hydrogens is 634 g/mol. The molecule has 0 aliphatic heterocycles. The Labute approximate surface area is 190 Å². The van der Waals surface area contributed by atoms with Gasteiger partial charge < -0.3 is 15.2 Å². The Bertz CT molecular complexity index is 737. The molecule has 0 fully saturated rings. The molecule has 0 atom stereocenters. The van der Waals surface area contributed by atoms with Crippen LogP contribution in [0.2, 0.25) is 0 Å². The average Bonchev–Trinajstić information content (AvgIpc) is 2.41. The van der Waals surface area contributed by atoms with Gasteiger partial charge in [0.2, 0.25) is 0 Å². The molecule has 108 valence electrons. The number of benzene rings is 2. The van der Waals surface area contributed by atoms with Crippen molar-refractivity contribution in [1.29, 1.82) is 0 Å². The summed E-state index contributed by atoms with van der Waals surface area (Å²) in [4.78, 5) is 23.6. The predicted molar refractivity (Wildman–Crippen MR) is 103 cm³/mol. The Balaban J connectivity index is 0.00000242. The summed E-state index contributed by atoms with van der Waals surface area (Å²) < 4.78 is 2.21. The van der Waals surface area contributed by atoms with E-state index in [9.17, 15) is 14.7 Å². The van der Waals surface area contributed by atoms with Crippen molar-refractivity contribution in [3.05, 3.63) is 58.2 Å². The van der Waals surface area contributed by atoms with Gasteiger partial charge in [-0.1, -0.05) is 12.1 Å². The van der Waals surface area contributed by atoms with Gasteiger partial charge in [0.05, 0.1) is 17.2 Å². The molecule has 4 nitrogen and oxygen atoms in total. The second kappa shape index (κ2) is 9.16. The summed E-state index contributed by atoms with van der Waals surface area (Å²) in [5, 5.41) is 13.9. The van der Waals surface area contributed by atoms with E-state index in [2.05, 4.69) is 27.9 Å². The topological polar surface area (TPSA) is 69.2 Å². The van der Waals surface area contributed by atoms with E-state index in [1.54, 1.807) is 18.2 Å². The summed E-state index contributed by atoms with van der Waals surface area (Å²) in [6.07, 6.45) is 0. The van der Waals surface area contributed by atoms with Crippen LogP contribution < -0.4 is 40.0 Å². The fraction of sp³-hybridized carbons (Fsp3) is 0. The summed E-state index contributed by atoms with van der Waals surface area (Å²) >= 11 is 6.08. The number of hydrogen-bond acceptors (Lipinski definition) is 3. The maximum atomic E-state index is 12.3. The molecule has 0 unspecified atom stereocenters. The Kier molecular flexibility index (Phi) is 8.58. The number of amides is 1. The number of aromatic carboxylic acids is 1. The Morgan fingerprint density at radius 2 is 1.59 bits per heavy atom. The standard InChI is InChI=1S/C14H8I3NO3.Na/c15-7-5-9(14(20)21)12(11(17)6-7)18-13(19)8-3-1-2-4-10(8)16;/h1-6H,(H,18,19)(H,20,21);/q;+1/p-1. The number of carboxylic acid groups (broad SMARTS) is 1. The molecule has 8 heteroatoms. The van der Waals surface area contributed by atoms with Crippen molar-refractivity contribution in [2.75, 3.05) is 5.32 Å². The van der Waals surface area contributed by atoms with Crippen LogP contribution in [0.5, 0.6) is 0 Å². The number of carboxylic acids is 1. The monoisotopic (exact) mass is 641 g/mol. The number of nitrogens with one attached hydrogen (secondary N) is 1. The maximum Gasteiger partial charge on any atom is 1.00 e. The number of carbonyl (C=O) groups excluding carboxylic acids is 2.